The minimum Gasteiger partial charge on any atom is -0.497 e. The molecule has 19 heavy (non-hydrogen) atoms. The highest BCUT2D eigenvalue weighted by atomic mass is 16.5. The number of aryl methyl sites for hydroxylation is 1. The first-order chi connectivity index (χ1) is 9.20. The fourth-order valence-corrected chi connectivity index (χ4v) is 1.84. The Morgan fingerprint density at radius 3 is 2.68 bits per heavy atom. The lowest BCUT2D eigenvalue weighted by Gasteiger charge is -2.12. The summed E-state index contributed by atoms with van der Waals surface area (Å²) in [6.07, 6.45) is 1.26. The molecule has 3 N–H and O–H groups in total. The molecular weight excluding hydrogens is 242 g/mol. The van der Waals surface area contributed by atoms with Crippen LogP contribution < -0.4 is 10.1 Å². The molecule has 0 bridgehead atoms. The molecule has 5 nitrogen and oxygen atoms in total. The largest absolute Gasteiger partial charge is 0.497 e. The highest BCUT2D eigenvalue weighted by molar-refractivity contribution is 5.28. The van der Waals surface area contributed by atoms with Crippen molar-refractivity contribution in [3.8, 4) is 5.75 Å². The molecule has 1 unspecified atom stereocenters. The van der Waals surface area contributed by atoms with Crippen molar-refractivity contribution >= 4 is 0 Å². The second kappa shape index (κ2) is 6.36. The standard InChI is InChI=1S/C14H19N3O2/c1-10-12(8-16-17-10)7-15-9-14(18)11-3-5-13(19-2)6-4-11/h3-6,8,14-15,18H,7,9H2,1-2H3,(H,16,17). The maximum atomic E-state index is 10.1. The van der Waals surface area contributed by atoms with Crippen LogP contribution in [0.5, 0.6) is 5.75 Å². The number of aliphatic hydroxyl groups excluding tert-OH is 1. The van der Waals surface area contributed by atoms with Crippen molar-refractivity contribution in [2.24, 2.45) is 0 Å². The molecule has 0 aliphatic carbocycles. The summed E-state index contributed by atoms with van der Waals surface area (Å²) >= 11 is 0. The molecule has 1 heterocycles. The van der Waals surface area contributed by atoms with Crippen LogP contribution in [0, 0.1) is 6.92 Å². The first-order valence-corrected chi connectivity index (χ1v) is 6.22. The van der Waals surface area contributed by atoms with Gasteiger partial charge in [0, 0.05) is 24.3 Å². The summed E-state index contributed by atoms with van der Waals surface area (Å²) < 4.78 is 5.08. The van der Waals surface area contributed by atoms with Gasteiger partial charge in [-0.05, 0) is 24.6 Å². The second-order valence-electron chi connectivity index (χ2n) is 4.44. The molecule has 0 radical (unpaired) electrons. The molecule has 5 heteroatoms. The zero-order valence-corrected chi connectivity index (χ0v) is 11.2. The van der Waals surface area contributed by atoms with Gasteiger partial charge in [0.25, 0.3) is 0 Å². The van der Waals surface area contributed by atoms with Crippen LogP contribution in [0.2, 0.25) is 0 Å². The predicted molar refractivity (Wildman–Crippen MR) is 73.0 cm³/mol. The van der Waals surface area contributed by atoms with E-state index in [-0.39, 0.29) is 0 Å². The second-order valence-corrected chi connectivity index (χ2v) is 4.44. The van der Waals surface area contributed by atoms with Crippen molar-refractivity contribution in [3.63, 3.8) is 0 Å². The van der Waals surface area contributed by atoms with Crippen molar-refractivity contribution in [1.82, 2.24) is 15.5 Å². The van der Waals surface area contributed by atoms with E-state index in [1.807, 2.05) is 31.2 Å². The number of aromatic nitrogens is 2. The van der Waals surface area contributed by atoms with Crippen LogP contribution in [0.15, 0.2) is 30.5 Å². The Bertz CT molecular complexity index is 508. The lowest BCUT2D eigenvalue weighted by Crippen LogP contribution is -2.21. The summed E-state index contributed by atoms with van der Waals surface area (Å²) in [5.41, 5.74) is 3.03. The zero-order chi connectivity index (χ0) is 13.7. The van der Waals surface area contributed by atoms with E-state index in [2.05, 4.69) is 15.5 Å². The number of hydrogen-bond acceptors (Lipinski definition) is 4. The van der Waals surface area contributed by atoms with Crippen LogP contribution in [-0.4, -0.2) is 29.0 Å². The molecule has 0 saturated heterocycles. The van der Waals surface area contributed by atoms with Crippen LogP contribution in [0.3, 0.4) is 0 Å². The molecule has 0 fully saturated rings. The Hall–Kier alpha value is -1.85. The Morgan fingerprint density at radius 2 is 2.11 bits per heavy atom. The zero-order valence-electron chi connectivity index (χ0n) is 11.2. The van der Waals surface area contributed by atoms with Gasteiger partial charge in [-0.3, -0.25) is 5.10 Å². The monoisotopic (exact) mass is 261 g/mol. The van der Waals surface area contributed by atoms with Gasteiger partial charge in [0.1, 0.15) is 5.75 Å². The lowest BCUT2D eigenvalue weighted by molar-refractivity contribution is 0.174. The number of aromatic amines is 1. The third-order valence-corrected chi connectivity index (χ3v) is 3.09. The van der Waals surface area contributed by atoms with Crippen LogP contribution in [0.25, 0.3) is 0 Å². The van der Waals surface area contributed by atoms with E-state index in [4.69, 9.17) is 4.74 Å². The molecule has 1 aromatic heterocycles. The van der Waals surface area contributed by atoms with Crippen LogP contribution >= 0.6 is 0 Å². The van der Waals surface area contributed by atoms with Gasteiger partial charge in [-0.25, -0.2) is 0 Å². The molecule has 1 atom stereocenters. The van der Waals surface area contributed by atoms with Gasteiger partial charge >= 0.3 is 0 Å². The van der Waals surface area contributed by atoms with Crippen molar-refractivity contribution in [3.05, 3.63) is 47.3 Å². The number of nitrogens with one attached hydrogen (secondary N) is 2. The maximum absolute atomic E-state index is 10.1. The Morgan fingerprint density at radius 1 is 1.37 bits per heavy atom. The number of hydrogen-bond donors (Lipinski definition) is 3. The molecule has 102 valence electrons. The topological polar surface area (TPSA) is 70.2 Å². The smallest absolute Gasteiger partial charge is 0.118 e. The van der Waals surface area contributed by atoms with Crippen molar-refractivity contribution < 1.29 is 9.84 Å². The van der Waals surface area contributed by atoms with Crippen molar-refractivity contribution in [1.29, 1.82) is 0 Å². The lowest BCUT2D eigenvalue weighted by atomic mass is 10.1. The number of aliphatic hydroxyl groups is 1. The number of ether oxygens (including phenoxy) is 1. The minimum absolute atomic E-state index is 0.497. The molecule has 1 aromatic carbocycles. The summed E-state index contributed by atoms with van der Waals surface area (Å²) in [6.45, 7) is 3.16. The molecule has 0 aliphatic heterocycles. The fraction of sp³-hybridized carbons (Fsp3) is 0.357. The molecule has 2 rings (SSSR count). The van der Waals surface area contributed by atoms with E-state index in [1.54, 1.807) is 13.3 Å². The molecule has 0 spiro atoms. The normalized spacial score (nSPS) is 12.4. The third kappa shape index (κ3) is 3.56. The quantitative estimate of drug-likeness (QED) is 0.738. The number of rotatable bonds is 6. The Balaban J connectivity index is 1.83. The van der Waals surface area contributed by atoms with E-state index < -0.39 is 6.10 Å². The van der Waals surface area contributed by atoms with Gasteiger partial charge in [-0.15, -0.1) is 0 Å². The van der Waals surface area contributed by atoms with Crippen molar-refractivity contribution in [2.75, 3.05) is 13.7 Å². The molecule has 0 aliphatic rings. The number of methoxy groups -OCH3 is 1. The first kappa shape index (κ1) is 13.6. The van der Waals surface area contributed by atoms with Gasteiger partial charge in [0.05, 0.1) is 19.4 Å². The summed E-state index contributed by atoms with van der Waals surface area (Å²) in [6, 6.07) is 7.43. The van der Waals surface area contributed by atoms with Crippen LogP contribution in [0.4, 0.5) is 0 Å². The van der Waals surface area contributed by atoms with E-state index in [0.29, 0.717) is 13.1 Å². The average molecular weight is 261 g/mol. The predicted octanol–water partition coefficient (Wildman–Crippen LogP) is 1.55. The number of benzene rings is 1. The van der Waals surface area contributed by atoms with E-state index in [0.717, 1.165) is 22.6 Å². The molecule has 2 aromatic rings. The summed E-state index contributed by atoms with van der Waals surface area (Å²) in [7, 11) is 1.63. The number of H-pyrrole nitrogens is 1. The van der Waals surface area contributed by atoms with Gasteiger partial charge in [0.15, 0.2) is 0 Å². The highest BCUT2D eigenvalue weighted by Gasteiger charge is 2.07. The summed E-state index contributed by atoms with van der Waals surface area (Å²) in [5.74, 6) is 0.790. The van der Waals surface area contributed by atoms with Crippen LogP contribution in [0.1, 0.15) is 22.9 Å². The van der Waals surface area contributed by atoms with E-state index in [9.17, 15) is 5.11 Å². The molecule has 0 amide bonds. The first-order valence-electron chi connectivity index (χ1n) is 6.22. The van der Waals surface area contributed by atoms with Crippen LogP contribution in [-0.2, 0) is 6.54 Å². The summed E-state index contributed by atoms with van der Waals surface area (Å²) in [4.78, 5) is 0. The highest BCUT2D eigenvalue weighted by Crippen LogP contribution is 2.17. The van der Waals surface area contributed by atoms with Gasteiger partial charge in [0.2, 0.25) is 0 Å². The van der Waals surface area contributed by atoms with E-state index in [1.165, 1.54) is 0 Å². The molecular formula is C14H19N3O2. The Labute approximate surface area is 112 Å². The number of nitrogens with zero attached hydrogens (tertiary/aromatic N) is 1. The third-order valence-electron chi connectivity index (χ3n) is 3.09. The fourth-order valence-electron chi connectivity index (χ4n) is 1.84. The van der Waals surface area contributed by atoms with Gasteiger partial charge < -0.3 is 15.2 Å². The summed E-state index contributed by atoms with van der Waals surface area (Å²) in [5, 5.41) is 20.1. The van der Waals surface area contributed by atoms with Gasteiger partial charge in [-0.1, -0.05) is 12.1 Å². The van der Waals surface area contributed by atoms with Crippen molar-refractivity contribution in [2.45, 2.75) is 19.6 Å². The average Bonchev–Trinajstić information content (AvgIpc) is 2.84. The molecule has 0 saturated carbocycles. The minimum atomic E-state index is -0.530. The maximum Gasteiger partial charge on any atom is 0.118 e. The Kier molecular flexibility index (Phi) is 4.54. The SMILES string of the molecule is COc1ccc(C(O)CNCc2cn[nH]c2C)cc1. The van der Waals surface area contributed by atoms with Gasteiger partial charge in [-0.2, -0.15) is 5.10 Å². The van der Waals surface area contributed by atoms with E-state index >= 15 is 0 Å².